The Morgan fingerprint density at radius 3 is 1.90 bits per heavy atom. The molecule has 542 valence electrons. The van der Waals surface area contributed by atoms with E-state index in [-0.39, 0.29) is 46.2 Å². The standard InChI is InChI=1S/C66H75Cl2N9O24/c1-23(2)12-34(71-5)58(88)76-49-51(83)26-7-10-38(32(67)14-26)97-40-16-28-17-41(55(40)101-65-56(54(86)53(85)42(22-78)99-65)100-44-21-66(4,70)57(87)24(3)96-44)98-39-11-8-27(15-33(39)68)52(84)50-63(93)75-48(64(94)95)31-18-29(79)19-37(81)45(31)30-13-25(6-9-36(30)80)46(60(90)77-50)74-61(91)47(28)73-59(89)35(20-43(69)82)72-62(49)92/h6-11,13-19,23-24,34-35,42,44,46-54,56-57,65,71,78-81,83-87H,12,20-22,70H2,1-5H3,(H2,69,82)(H,72,92)(H,73,89)(H,74,91)(H,75,93)(H,76,88)(H,77,90)(H,94,95)/t24-,34+,35-,42+,44?,46+,47+,48?,49+,50-,51+,52+,53+,54-,56+,57+,65-,66-/m0/s1. The van der Waals surface area contributed by atoms with Crippen molar-refractivity contribution in [2.24, 2.45) is 17.4 Å². The third-order valence-electron chi connectivity index (χ3n) is 17.8. The lowest BCUT2D eigenvalue weighted by Gasteiger charge is -2.47. The molecule has 12 rings (SSSR count). The number of phenolic OH excluding ortho intramolecular Hbond substituents is 3. The van der Waals surface area contributed by atoms with Gasteiger partial charge in [0.1, 0.15) is 89.5 Å². The molecule has 2 unspecified atom stereocenters. The van der Waals surface area contributed by atoms with Gasteiger partial charge in [0, 0.05) is 34.7 Å². The van der Waals surface area contributed by atoms with E-state index in [4.69, 9.17) is 63.1 Å². The van der Waals surface area contributed by atoms with Gasteiger partial charge < -0.3 is 128 Å². The summed E-state index contributed by atoms with van der Waals surface area (Å²) < 4.78 is 38.3. The van der Waals surface area contributed by atoms with Crippen LogP contribution in [0.3, 0.4) is 0 Å². The number of hydrogen-bond acceptors (Lipinski definition) is 25. The van der Waals surface area contributed by atoms with Crippen LogP contribution in [0.2, 0.25) is 10.0 Å². The molecule has 18 atom stereocenters. The largest absolute Gasteiger partial charge is 0.508 e. The molecule has 5 aromatic rings. The van der Waals surface area contributed by atoms with Crippen molar-refractivity contribution in [3.05, 3.63) is 117 Å². The smallest absolute Gasteiger partial charge is 0.330 e. The number of hydrogen-bond donors (Lipinski definition) is 19. The minimum Gasteiger partial charge on any atom is -0.508 e. The molecular weight excluding hydrogens is 1370 g/mol. The predicted octanol–water partition coefficient (Wildman–Crippen LogP) is 0.106. The number of primary amides is 1. The van der Waals surface area contributed by atoms with E-state index in [1.807, 2.05) is 13.8 Å². The van der Waals surface area contributed by atoms with E-state index in [1.165, 1.54) is 33.0 Å². The second-order valence-electron chi connectivity index (χ2n) is 25.7. The first-order valence-electron chi connectivity index (χ1n) is 31.6. The molecule has 35 heteroatoms. The number of phenols is 3. The third-order valence-corrected chi connectivity index (χ3v) is 18.4. The summed E-state index contributed by atoms with van der Waals surface area (Å²) in [5, 5.41) is 131. The minimum absolute atomic E-state index is 0.0975. The van der Waals surface area contributed by atoms with Crippen LogP contribution in [0.15, 0.2) is 78.9 Å². The highest BCUT2D eigenvalue weighted by molar-refractivity contribution is 6.32. The van der Waals surface area contributed by atoms with Crippen LogP contribution in [0.25, 0.3) is 11.1 Å². The molecule has 33 nitrogen and oxygen atoms in total. The highest BCUT2D eigenvalue weighted by atomic mass is 35.5. The van der Waals surface area contributed by atoms with Crippen LogP contribution in [0.5, 0.6) is 46.0 Å². The van der Waals surface area contributed by atoms with E-state index in [2.05, 4.69) is 37.2 Å². The summed E-state index contributed by atoms with van der Waals surface area (Å²) in [6.45, 7) is 5.66. The number of halogens is 2. The highest BCUT2D eigenvalue weighted by Gasteiger charge is 2.51. The fourth-order valence-electron chi connectivity index (χ4n) is 12.5. The zero-order valence-electron chi connectivity index (χ0n) is 54.3. The number of aliphatic carboxylic acids is 1. The Morgan fingerprint density at radius 1 is 0.713 bits per heavy atom. The fourth-order valence-corrected chi connectivity index (χ4v) is 12.9. The van der Waals surface area contributed by atoms with Crippen molar-refractivity contribution in [3.63, 3.8) is 0 Å². The van der Waals surface area contributed by atoms with E-state index in [1.54, 1.807) is 0 Å². The Labute approximate surface area is 584 Å². The number of aliphatic hydroxyl groups is 6. The minimum atomic E-state index is -2.35. The number of carbonyl (C=O) groups is 8. The lowest BCUT2D eigenvalue weighted by atomic mass is 9.86. The van der Waals surface area contributed by atoms with Gasteiger partial charge in [-0.3, -0.25) is 33.6 Å². The van der Waals surface area contributed by atoms with Crippen molar-refractivity contribution < 1.29 is 118 Å². The number of benzene rings is 5. The molecular formula is C66H75Cl2N9O24. The molecule has 101 heavy (non-hydrogen) atoms. The maximum atomic E-state index is 16.0. The Balaban J connectivity index is 1.24. The number of aromatic hydroxyl groups is 3. The SMILES string of the molecule is CN[C@H](CC(C)C)C(=O)N[C@H]1C(=O)N[C@@H](CC(N)=O)C(=O)N[C@H]2C(=O)N[C@H]3C(=O)N[C@H](C(=O)NC(C(=O)O)c4cc(O)cc(O)c4-c4cc3ccc4O)[C@H](O)c3ccc(c(Cl)c3)Oc3cc2cc(c3O[C@@H]2O[C@H](CO)[C@@H](O)[C@H](O)[C@H]2OC2C[C@](C)(N)[C@H](O)[C@H](C)O2)Oc2ccc(cc2Cl)[C@H]1O. The van der Waals surface area contributed by atoms with Crippen LogP contribution in [0.4, 0.5) is 0 Å². The molecule has 0 saturated carbocycles. The topological polar surface area (TPSA) is 530 Å². The number of amides is 7. The molecule has 0 aliphatic carbocycles. The van der Waals surface area contributed by atoms with E-state index in [9.17, 15) is 75.0 Å². The number of nitrogens with one attached hydrogen (secondary N) is 7. The Hall–Kier alpha value is -9.20. The average molecular weight is 1450 g/mol. The molecule has 11 bridgehead atoms. The Kier molecular flexibility index (Phi) is 22.2. The summed E-state index contributed by atoms with van der Waals surface area (Å²) in [6, 6.07) is -0.679. The van der Waals surface area contributed by atoms with Crippen molar-refractivity contribution in [1.82, 2.24) is 37.2 Å². The molecule has 5 aromatic carbocycles. The van der Waals surface area contributed by atoms with E-state index in [0.717, 1.165) is 66.7 Å². The summed E-state index contributed by atoms with van der Waals surface area (Å²) in [5.41, 5.74) is 8.00. The van der Waals surface area contributed by atoms with Crippen LogP contribution in [-0.2, 0) is 52.6 Å². The van der Waals surface area contributed by atoms with Gasteiger partial charge in [0.15, 0.2) is 29.9 Å². The Morgan fingerprint density at radius 2 is 1.32 bits per heavy atom. The second-order valence-corrected chi connectivity index (χ2v) is 26.5. The van der Waals surface area contributed by atoms with Gasteiger partial charge in [-0.1, -0.05) is 55.2 Å². The molecule has 0 radical (unpaired) electrons. The number of carbonyl (C=O) groups excluding carboxylic acids is 7. The zero-order valence-corrected chi connectivity index (χ0v) is 55.8. The van der Waals surface area contributed by atoms with E-state index >= 15 is 14.4 Å². The molecule has 7 aliphatic heterocycles. The van der Waals surface area contributed by atoms with Crippen LogP contribution in [-0.4, -0.2) is 191 Å². The Bertz CT molecular complexity index is 4070. The van der Waals surface area contributed by atoms with E-state index < -0.39 is 237 Å². The highest BCUT2D eigenvalue weighted by Crippen LogP contribution is 2.50. The summed E-state index contributed by atoms with van der Waals surface area (Å²) in [7, 11) is 1.47. The molecule has 21 N–H and O–H groups in total. The van der Waals surface area contributed by atoms with Gasteiger partial charge in [0.05, 0.1) is 41.3 Å². The fraction of sp³-hybridized carbons (Fsp3) is 0.424. The number of likely N-dealkylation sites (N-methyl/N-ethyl adjacent to an activating group) is 1. The quantitative estimate of drug-likeness (QED) is 0.0743. The van der Waals surface area contributed by atoms with Crippen molar-refractivity contribution in [1.29, 1.82) is 0 Å². The van der Waals surface area contributed by atoms with Crippen LogP contribution >= 0.6 is 23.2 Å². The van der Waals surface area contributed by atoms with Gasteiger partial charge in [0.2, 0.25) is 53.4 Å². The molecule has 2 fully saturated rings. The maximum absolute atomic E-state index is 16.0. The molecule has 0 spiro atoms. The number of rotatable bonds is 13. The van der Waals surface area contributed by atoms with Gasteiger partial charge in [-0.2, -0.15) is 0 Å². The number of aliphatic hydroxyl groups excluding tert-OH is 6. The van der Waals surface area contributed by atoms with Gasteiger partial charge in [-0.15, -0.1) is 0 Å². The molecule has 2 saturated heterocycles. The maximum Gasteiger partial charge on any atom is 0.330 e. The van der Waals surface area contributed by atoms with E-state index in [0.29, 0.717) is 0 Å². The normalized spacial score (nSPS) is 29.4. The first-order valence-corrected chi connectivity index (χ1v) is 32.4. The second kappa shape index (κ2) is 30.2. The molecule has 7 aliphatic rings. The average Bonchev–Trinajstić information content (AvgIpc) is 0.775. The lowest BCUT2D eigenvalue weighted by molar-refractivity contribution is -0.333. The molecule has 0 aromatic heterocycles. The first kappa shape index (κ1) is 74.5. The predicted molar refractivity (Wildman–Crippen MR) is 349 cm³/mol. The number of fused-ring (bicyclic) bond motifs is 15. The van der Waals surface area contributed by atoms with Crippen LogP contribution in [0, 0.1) is 5.92 Å². The van der Waals surface area contributed by atoms with Gasteiger partial charge in [-0.05, 0) is 110 Å². The van der Waals surface area contributed by atoms with Crippen molar-refractivity contribution in [3.8, 4) is 57.1 Å². The van der Waals surface area contributed by atoms with Crippen LogP contribution in [0.1, 0.15) is 105 Å². The first-order chi connectivity index (χ1) is 47.7. The summed E-state index contributed by atoms with van der Waals surface area (Å²) in [4.78, 5) is 117. The summed E-state index contributed by atoms with van der Waals surface area (Å²) >= 11 is 14.1. The third kappa shape index (κ3) is 15.8. The van der Waals surface area contributed by atoms with Gasteiger partial charge in [0.25, 0.3) is 0 Å². The monoisotopic (exact) mass is 1450 g/mol. The summed E-state index contributed by atoms with van der Waals surface area (Å²) in [6.07, 6.45) is -18.6. The lowest BCUT2D eigenvalue weighted by Crippen LogP contribution is -2.64. The zero-order chi connectivity index (χ0) is 73.5. The van der Waals surface area contributed by atoms with Gasteiger partial charge >= 0.3 is 5.97 Å². The van der Waals surface area contributed by atoms with Gasteiger partial charge in [-0.25, -0.2) is 4.79 Å². The number of carboxylic acid groups (broad SMARTS) is 1. The van der Waals surface area contributed by atoms with Crippen molar-refractivity contribution >= 4 is 70.5 Å². The van der Waals surface area contributed by atoms with Crippen molar-refractivity contribution in [2.45, 2.75) is 156 Å². The molecule has 7 amide bonds. The van der Waals surface area contributed by atoms with Crippen LogP contribution < -0.4 is 62.9 Å². The molecule has 7 heterocycles. The number of carboxylic acids is 1. The van der Waals surface area contributed by atoms with Crippen molar-refractivity contribution in [2.75, 3.05) is 13.7 Å². The summed E-state index contributed by atoms with van der Waals surface area (Å²) in [5.74, 6) is -16.0. The number of nitrogens with two attached hydrogens (primary N) is 2. The number of ether oxygens (including phenoxy) is 6.